The van der Waals surface area contributed by atoms with Gasteiger partial charge in [0, 0.05) is 18.7 Å². The molecule has 1 aliphatic heterocycles. The summed E-state index contributed by atoms with van der Waals surface area (Å²) < 4.78 is 5.10. The second-order valence-electron chi connectivity index (χ2n) is 5.43. The van der Waals surface area contributed by atoms with E-state index in [-0.39, 0.29) is 11.9 Å². The van der Waals surface area contributed by atoms with Gasteiger partial charge in [-0.3, -0.25) is 4.79 Å². The smallest absolute Gasteiger partial charge is 0.237 e. The van der Waals surface area contributed by atoms with E-state index in [0.717, 1.165) is 30.0 Å². The fourth-order valence-corrected chi connectivity index (χ4v) is 2.69. The summed E-state index contributed by atoms with van der Waals surface area (Å²) in [6.45, 7) is 4.93. The van der Waals surface area contributed by atoms with Crippen LogP contribution in [-0.4, -0.2) is 17.1 Å². The van der Waals surface area contributed by atoms with Gasteiger partial charge in [-0.2, -0.15) is 0 Å². The highest BCUT2D eigenvalue weighted by Gasteiger charge is 2.24. The highest BCUT2D eigenvalue weighted by atomic mass is 16.5. The highest BCUT2D eigenvalue weighted by Crippen LogP contribution is 2.17. The minimum atomic E-state index is -0.180. The molecule has 1 amide bonds. The first-order valence-electron chi connectivity index (χ1n) is 7.15. The predicted molar refractivity (Wildman–Crippen MR) is 78.6 cm³/mol. The van der Waals surface area contributed by atoms with E-state index in [1.54, 1.807) is 0 Å². The van der Waals surface area contributed by atoms with Gasteiger partial charge < -0.3 is 15.2 Å². The number of amides is 1. The van der Waals surface area contributed by atoms with Crippen LogP contribution in [0.15, 0.2) is 28.8 Å². The number of hydrogen-bond donors (Lipinski definition) is 2. The number of benzene rings is 1. The van der Waals surface area contributed by atoms with Crippen LogP contribution in [0.2, 0.25) is 0 Å². The van der Waals surface area contributed by atoms with Crippen molar-refractivity contribution in [1.82, 2.24) is 15.8 Å². The van der Waals surface area contributed by atoms with Crippen molar-refractivity contribution in [3.8, 4) is 0 Å². The average molecular weight is 285 g/mol. The summed E-state index contributed by atoms with van der Waals surface area (Å²) in [7, 11) is 0. The van der Waals surface area contributed by atoms with E-state index >= 15 is 0 Å². The van der Waals surface area contributed by atoms with E-state index < -0.39 is 0 Å². The number of fused-ring (bicyclic) bond motifs is 1. The molecule has 0 fully saturated rings. The van der Waals surface area contributed by atoms with Gasteiger partial charge in [0.15, 0.2) is 0 Å². The quantitative estimate of drug-likeness (QED) is 0.899. The minimum absolute atomic E-state index is 0.0181. The minimum Gasteiger partial charge on any atom is -0.361 e. The van der Waals surface area contributed by atoms with E-state index in [1.807, 2.05) is 26.0 Å². The number of nitrogens with one attached hydrogen (secondary N) is 2. The molecule has 1 aromatic carbocycles. The van der Waals surface area contributed by atoms with Crippen LogP contribution >= 0.6 is 0 Å². The summed E-state index contributed by atoms with van der Waals surface area (Å²) in [5.41, 5.74) is 4.30. The van der Waals surface area contributed by atoms with Crippen LogP contribution in [0.5, 0.6) is 0 Å². The molecule has 0 bridgehead atoms. The molecule has 0 aliphatic carbocycles. The summed E-state index contributed by atoms with van der Waals surface area (Å²) in [4.78, 5) is 12.3. The van der Waals surface area contributed by atoms with Crippen molar-refractivity contribution in [3.05, 3.63) is 52.4 Å². The number of nitrogens with zero attached hydrogens (tertiary/aromatic N) is 1. The Hall–Kier alpha value is -2.14. The van der Waals surface area contributed by atoms with Crippen LogP contribution in [0, 0.1) is 13.8 Å². The molecule has 110 valence electrons. The van der Waals surface area contributed by atoms with Gasteiger partial charge in [-0.1, -0.05) is 29.4 Å². The summed E-state index contributed by atoms with van der Waals surface area (Å²) in [6.07, 6.45) is 0.726. The van der Waals surface area contributed by atoms with E-state index in [9.17, 15) is 4.79 Å². The van der Waals surface area contributed by atoms with Crippen molar-refractivity contribution < 1.29 is 9.32 Å². The zero-order valence-electron chi connectivity index (χ0n) is 12.3. The first kappa shape index (κ1) is 13.8. The van der Waals surface area contributed by atoms with E-state index in [4.69, 9.17) is 4.52 Å². The van der Waals surface area contributed by atoms with Gasteiger partial charge in [-0.15, -0.1) is 0 Å². The SMILES string of the molecule is Cc1noc(C)c1CNC(=O)C1Cc2ccccc2CN1. The molecule has 1 atom stereocenters. The lowest BCUT2D eigenvalue weighted by Gasteiger charge is -2.25. The third kappa shape index (κ3) is 2.83. The number of aryl methyl sites for hydroxylation is 2. The Kier molecular flexibility index (Phi) is 3.75. The van der Waals surface area contributed by atoms with Crippen LogP contribution in [-0.2, 0) is 24.3 Å². The van der Waals surface area contributed by atoms with Gasteiger partial charge in [0.1, 0.15) is 5.76 Å². The Balaban J connectivity index is 1.62. The Morgan fingerprint density at radius 2 is 2.14 bits per heavy atom. The molecule has 2 N–H and O–H groups in total. The molecule has 5 heteroatoms. The second kappa shape index (κ2) is 5.69. The number of aromatic nitrogens is 1. The summed E-state index contributed by atoms with van der Waals surface area (Å²) >= 11 is 0. The Bertz CT molecular complexity index is 644. The number of rotatable bonds is 3. The topological polar surface area (TPSA) is 67.2 Å². The maximum absolute atomic E-state index is 12.3. The molecule has 3 rings (SSSR count). The van der Waals surface area contributed by atoms with Crippen molar-refractivity contribution >= 4 is 5.91 Å². The first-order chi connectivity index (χ1) is 10.1. The lowest BCUT2D eigenvalue weighted by atomic mass is 9.95. The maximum Gasteiger partial charge on any atom is 0.237 e. The van der Waals surface area contributed by atoms with Gasteiger partial charge >= 0.3 is 0 Å². The van der Waals surface area contributed by atoms with Crippen LogP contribution in [0.25, 0.3) is 0 Å². The van der Waals surface area contributed by atoms with Crippen molar-refractivity contribution in [3.63, 3.8) is 0 Å². The molecular formula is C16H19N3O2. The molecule has 1 aliphatic rings. The molecule has 0 saturated heterocycles. The van der Waals surface area contributed by atoms with Crippen LogP contribution < -0.4 is 10.6 Å². The van der Waals surface area contributed by atoms with Crippen molar-refractivity contribution in [2.24, 2.45) is 0 Å². The number of carbonyl (C=O) groups is 1. The monoisotopic (exact) mass is 285 g/mol. The lowest BCUT2D eigenvalue weighted by Crippen LogP contribution is -2.47. The van der Waals surface area contributed by atoms with Crippen molar-refractivity contribution in [2.75, 3.05) is 0 Å². The van der Waals surface area contributed by atoms with Crippen molar-refractivity contribution in [2.45, 2.75) is 39.4 Å². The Morgan fingerprint density at radius 3 is 2.86 bits per heavy atom. The standard InChI is InChI=1S/C16H19N3O2/c1-10-14(11(2)21-19-10)9-18-16(20)15-7-12-5-3-4-6-13(12)8-17-15/h3-6,15,17H,7-9H2,1-2H3,(H,18,20). The molecule has 0 radical (unpaired) electrons. The highest BCUT2D eigenvalue weighted by molar-refractivity contribution is 5.82. The normalized spacial score (nSPS) is 17.3. The number of hydrogen-bond acceptors (Lipinski definition) is 4. The maximum atomic E-state index is 12.3. The summed E-state index contributed by atoms with van der Waals surface area (Å²) in [5, 5.41) is 10.1. The number of carbonyl (C=O) groups excluding carboxylic acids is 1. The molecule has 0 saturated carbocycles. The van der Waals surface area contributed by atoms with Gasteiger partial charge in [0.25, 0.3) is 0 Å². The molecule has 0 spiro atoms. The van der Waals surface area contributed by atoms with E-state index in [0.29, 0.717) is 6.54 Å². The third-order valence-corrected chi connectivity index (χ3v) is 4.02. The molecule has 2 heterocycles. The van der Waals surface area contributed by atoms with Crippen molar-refractivity contribution in [1.29, 1.82) is 0 Å². The molecule has 5 nitrogen and oxygen atoms in total. The molecule has 2 aromatic rings. The lowest BCUT2D eigenvalue weighted by molar-refractivity contribution is -0.123. The zero-order chi connectivity index (χ0) is 14.8. The Morgan fingerprint density at radius 1 is 1.38 bits per heavy atom. The van der Waals surface area contributed by atoms with Gasteiger partial charge in [0.05, 0.1) is 11.7 Å². The molecular weight excluding hydrogens is 266 g/mol. The largest absolute Gasteiger partial charge is 0.361 e. The zero-order valence-corrected chi connectivity index (χ0v) is 12.3. The van der Waals surface area contributed by atoms with E-state index in [2.05, 4.69) is 27.9 Å². The fraction of sp³-hybridized carbons (Fsp3) is 0.375. The predicted octanol–water partition coefficient (Wildman–Crippen LogP) is 1.62. The third-order valence-electron chi connectivity index (χ3n) is 4.02. The molecule has 1 unspecified atom stereocenters. The Labute approximate surface area is 123 Å². The van der Waals surface area contributed by atoms with Crippen LogP contribution in [0.1, 0.15) is 28.1 Å². The van der Waals surface area contributed by atoms with Crippen LogP contribution in [0.4, 0.5) is 0 Å². The second-order valence-corrected chi connectivity index (χ2v) is 5.43. The average Bonchev–Trinajstić information content (AvgIpc) is 2.83. The fourth-order valence-electron chi connectivity index (χ4n) is 2.69. The van der Waals surface area contributed by atoms with Gasteiger partial charge in [-0.25, -0.2) is 0 Å². The van der Waals surface area contributed by atoms with Crippen LogP contribution in [0.3, 0.4) is 0 Å². The molecule has 1 aromatic heterocycles. The van der Waals surface area contributed by atoms with Gasteiger partial charge in [-0.05, 0) is 31.4 Å². The molecule has 21 heavy (non-hydrogen) atoms. The first-order valence-corrected chi connectivity index (χ1v) is 7.15. The summed E-state index contributed by atoms with van der Waals surface area (Å²) in [6, 6.07) is 8.05. The van der Waals surface area contributed by atoms with Gasteiger partial charge in [0.2, 0.25) is 5.91 Å². The van der Waals surface area contributed by atoms with E-state index in [1.165, 1.54) is 11.1 Å². The summed E-state index contributed by atoms with van der Waals surface area (Å²) in [5.74, 6) is 0.777.